The van der Waals surface area contributed by atoms with Crippen LogP contribution in [0.15, 0.2) is 18.2 Å². The predicted molar refractivity (Wildman–Crippen MR) is 51.6 cm³/mol. The highest BCUT2D eigenvalue weighted by Gasteiger charge is 2.04. The highest BCUT2D eigenvalue weighted by molar-refractivity contribution is 5.99. The molecule has 1 rings (SSSR count). The first-order valence-electron chi connectivity index (χ1n) is 4.03. The lowest BCUT2D eigenvalue weighted by atomic mass is 10.1. The molecule has 0 fully saturated rings. The summed E-state index contributed by atoms with van der Waals surface area (Å²) in [5, 5.41) is 0. The molecule has 1 aromatic rings. The van der Waals surface area contributed by atoms with Crippen molar-refractivity contribution in [1.82, 2.24) is 0 Å². The van der Waals surface area contributed by atoms with E-state index in [4.69, 9.17) is 10.5 Å². The number of nitrogen functional groups attached to an aromatic ring is 1. The molecule has 0 saturated heterocycles. The largest absolute Gasteiger partial charge is 0.398 e. The Morgan fingerprint density at radius 2 is 2.23 bits per heavy atom. The molecular weight excluding hydrogens is 166 g/mol. The van der Waals surface area contributed by atoms with Crippen molar-refractivity contribution < 1.29 is 9.53 Å². The number of methoxy groups -OCH3 is 1. The van der Waals surface area contributed by atoms with Crippen LogP contribution in [0.5, 0.6) is 0 Å². The Bertz CT molecular complexity index is 321. The van der Waals surface area contributed by atoms with E-state index < -0.39 is 0 Å². The van der Waals surface area contributed by atoms with Gasteiger partial charge in [0.05, 0.1) is 6.61 Å². The van der Waals surface area contributed by atoms with E-state index in [1.54, 1.807) is 19.2 Å². The van der Waals surface area contributed by atoms with Crippen molar-refractivity contribution in [3.63, 3.8) is 0 Å². The fourth-order valence-corrected chi connectivity index (χ4v) is 1.19. The number of carbonyl (C=O) groups excluding carboxylic acids is 1. The highest BCUT2D eigenvalue weighted by Crippen LogP contribution is 2.15. The first-order chi connectivity index (χ1) is 6.15. The lowest BCUT2D eigenvalue weighted by Crippen LogP contribution is -2.00. The van der Waals surface area contributed by atoms with Gasteiger partial charge >= 0.3 is 0 Å². The first kappa shape index (κ1) is 9.74. The summed E-state index contributed by atoms with van der Waals surface area (Å²) in [5.74, 6) is -0.0125. The van der Waals surface area contributed by atoms with E-state index in [1.807, 2.05) is 6.07 Å². The van der Waals surface area contributed by atoms with Gasteiger partial charge in [0.15, 0.2) is 5.78 Å². The van der Waals surface area contributed by atoms with Gasteiger partial charge < -0.3 is 10.5 Å². The maximum atomic E-state index is 11.0. The number of rotatable bonds is 3. The fourth-order valence-electron chi connectivity index (χ4n) is 1.19. The van der Waals surface area contributed by atoms with Crippen LogP contribution < -0.4 is 5.73 Å². The van der Waals surface area contributed by atoms with E-state index in [1.165, 1.54) is 6.92 Å². The third-order valence-corrected chi connectivity index (χ3v) is 1.81. The Kier molecular flexibility index (Phi) is 3.03. The summed E-state index contributed by atoms with van der Waals surface area (Å²) in [6.45, 7) is 2.02. The molecule has 0 atom stereocenters. The Morgan fingerprint density at radius 1 is 1.54 bits per heavy atom. The van der Waals surface area contributed by atoms with Gasteiger partial charge in [0.1, 0.15) is 0 Å². The summed E-state index contributed by atoms with van der Waals surface area (Å²) in [6, 6.07) is 5.34. The van der Waals surface area contributed by atoms with Crippen LogP contribution in [0.3, 0.4) is 0 Å². The molecule has 13 heavy (non-hydrogen) atoms. The molecule has 0 amide bonds. The SMILES string of the molecule is COCc1ccc(C(C)=O)c(N)c1. The molecule has 0 unspecified atom stereocenters. The number of ether oxygens (including phenoxy) is 1. The number of hydrogen-bond donors (Lipinski definition) is 1. The van der Waals surface area contributed by atoms with E-state index in [2.05, 4.69) is 0 Å². The molecule has 0 spiro atoms. The minimum Gasteiger partial charge on any atom is -0.398 e. The second-order valence-electron chi connectivity index (χ2n) is 2.91. The number of hydrogen-bond acceptors (Lipinski definition) is 3. The molecule has 0 aliphatic carbocycles. The molecule has 0 aromatic heterocycles. The number of carbonyl (C=O) groups is 1. The van der Waals surface area contributed by atoms with E-state index in [-0.39, 0.29) is 5.78 Å². The van der Waals surface area contributed by atoms with Crippen molar-refractivity contribution in [3.8, 4) is 0 Å². The monoisotopic (exact) mass is 179 g/mol. The van der Waals surface area contributed by atoms with Gasteiger partial charge in [0, 0.05) is 18.4 Å². The lowest BCUT2D eigenvalue weighted by molar-refractivity contribution is 0.101. The molecule has 0 aliphatic rings. The van der Waals surface area contributed by atoms with Crippen LogP contribution in [0.4, 0.5) is 5.69 Å². The van der Waals surface area contributed by atoms with E-state index in [9.17, 15) is 4.79 Å². The second kappa shape index (κ2) is 4.05. The zero-order valence-electron chi connectivity index (χ0n) is 7.83. The normalized spacial score (nSPS) is 10.0. The van der Waals surface area contributed by atoms with Crippen LogP contribution in [0.25, 0.3) is 0 Å². The molecule has 0 bridgehead atoms. The minimum absolute atomic E-state index is 0.0125. The third-order valence-electron chi connectivity index (χ3n) is 1.81. The summed E-state index contributed by atoms with van der Waals surface area (Å²) in [7, 11) is 1.62. The summed E-state index contributed by atoms with van der Waals surface area (Å²) in [5.41, 5.74) is 7.74. The molecule has 0 radical (unpaired) electrons. The summed E-state index contributed by atoms with van der Waals surface area (Å²) in [4.78, 5) is 11.0. The van der Waals surface area contributed by atoms with Gasteiger partial charge in [0.2, 0.25) is 0 Å². The van der Waals surface area contributed by atoms with Gasteiger partial charge in [-0.2, -0.15) is 0 Å². The third kappa shape index (κ3) is 2.29. The Hall–Kier alpha value is -1.35. The van der Waals surface area contributed by atoms with Crippen LogP contribution in [0, 0.1) is 0 Å². The topological polar surface area (TPSA) is 52.3 Å². The summed E-state index contributed by atoms with van der Waals surface area (Å²) in [6.07, 6.45) is 0. The van der Waals surface area contributed by atoms with Crippen molar-refractivity contribution >= 4 is 11.5 Å². The molecule has 3 nitrogen and oxygen atoms in total. The molecule has 0 saturated carbocycles. The predicted octanol–water partition coefficient (Wildman–Crippen LogP) is 1.62. The van der Waals surface area contributed by atoms with Gasteiger partial charge in [-0.15, -0.1) is 0 Å². The van der Waals surface area contributed by atoms with E-state index in [0.29, 0.717) is 17.9 Å². The minimum atomic E-state index is -0.0125. The number of Topliss-reactive ketones (excluding diaryl/α,β-unsaturated/α-hetero) is 1. The summed E-state index contributed by atoms with van der Waals surface area (Å²) >= 11 is 0. The van der Waals surface area contributed by atoms with E-state index in [0.717, 1.165) is 5.56 Å². The Balaban J connectivity index is 2.98. The van der Waals surface area contributed by atoms with Crippen molar-refractivity contribution in [2.24, 2.45) is 0 Å². The number of anilines is 1. The number of nitrogens with two attached hydrogens (primary N) is 1. The van der Waals surface area contributed by atoms with Crippen molar-refractivity contribution in [1.29, 1.82) is 0 Å². The Labute approximate surface area is 77.5 Å². The Morgan fingerprint density at radius 3 is 2.69 bits per heavy atom. The van der Waals surface area contributed by atoms with Crippen molar-refractivity contribution in [2.75, 3.05) is 12.8 Å². The summed E-state index contributed by atoms with van der Waals surface area (Å²) < 4.78 is 4.94. The quantitative estimate of drug-likeness (QED) is 0.566. The van der Waals surface area contributed by atoms with E-state index >= 15 is 0 Å². The zero-order chi connectivity index (χ0) is 9.84. The first-order valence-corrected chi connectivity index (χ1v) is 4.03. The average molecular weight is 179 g/mol. The van der Waals surface area contributed by atoms with Crippen LogP contribution in [0.2, 0.25) is 0 Å². The number of benzene rings is 1. The van der Waals surface area contributed by atoms with Gasteiger partial charge in [-0.1, -0.05) is 6.07 Å². The molecule has 3 heteroatoms. The molecular formula is C10H13NO2. The maximum Gasteiger partial charge on any atom is 0.161 e. The standard InChI is InChI=1S/C10H13NO2/c1-7(12)9-4-3-8(6-13-2)5-10(9)11/h3-5H,6,11H2,1-2H3. The fraction of sp³-hybridized carbons (Fsp3) is 0.300. The molecule has 0 heterocycles. The van der Waals surface area contributed by atoms with Crippen molar-refractivity contribution in [2.45, 2.75) is 13.5 Å². The number of ketones is 1. The highest BCUT2D eigenvalue weighted by atomic mass is 16.5. The molecule has 70 valence electrons. The van der Waals surface area contributed by atoms with Gasteiger partial charge in [-0.05, 0) is 24.6 Å². The van der Waals surface area contributed by atoms with Gasteiger partial charge in [-0.25, -0.2) is 0 Å². The zero-order valence-corrected chi connectivity index (χ0v) is 7.83. The molecule has 0 aliphatic heterocycles. The molecule has 2 N–H and O–H groups in total. The average Bonchev–Trinajstić information content (AvgIpc) is 2.04. The van der Waals surface area contributed by atoms with Crippen LogP contribution in [-0.4, -0.2) is 12.9 Å². The van der Waals surface area contributed by atoms with Gasteiger partial charge in [0.25, 0.3) is 0 Å². The smallest absolute Gasteiger partial charge is 0.161 e. The van der Waals surface area contributed by atoms with Crippen LogP contribution in [-0.2, 0) is 11.3 Å². The van der Waals surface area contributed by atoms with Crippen LogP contribution in [0.1, 0.15) is 22.8 Å². The lowest BCUT2D eigenvalue weighted by Gasteiger charge is -2.04. The van der Waals surface area contributed by atoms with Gasteiger partial charge in [-0.3, -0.25) is 4.79 Å². The second-order valence-corrected chi connectivity index (χ2v) is 2.91. The maximum absolute atomic E-state index is 11.0. The molecule has 1 aromatic carbocycles. The van der Waals surface area contributed by atoms with Crippen molar-refractivity contribution in [3.05, 3.63) is 29.3 Å². The van der Waals surface area contributed by atoms with Crippen LogP contribution >= 0.6 is 0 Å².